The van der Waals surface area contributed by atoms with Gasteiger partial charge in [0.2, 0.25) is 0 Å². The van der Waals surface area contributed by atoms with E-state index in [1.807, 2.05) is 0 Å². The molecular formula is C5HF12N. The molecule has 0 amide bonds. The Bertz CT molecular complexity index is 297. The van der Waals surface area contributed by atoms with Crippen molar-refractivity contribution in [2.75, 3.05) is 0 Å². The van der Waals surface area contributed by atoms with E-state index in [-0.39, 0.29) is 0 Å². The highest BCUT2D eigenvalue weighted by atomic mass is 19.4. The van der Waals surface area contributed by atoms with Gasteiger partial charge in [0.15, 0.2) is 0 Å². The van der Waals surface area contributed by atoms with Gasteiger partial charge in [-0.05, 0) is 0 Å². The average Bonchev–Trinajstić information content (AvgIpc) is 1.95. The van der Waals surface area contributed by atoms with Crippen LogP contribution in [0.1, 0.15) is 0 Å². The molecule has 0 saturated heterocycles. The normalized spacial score (nSPS) is 16.0. The summed E-state index contributed by atoms with van der Waals surface area (Å²) in [5.41, 5.74) is 0. The Kier molecular flexibility index (Phi) is 3.86. The van der Waals surface area contributed by atoms with Crippen LogP contribution in [0.3, 0.4) is 0 Å². The van der Waals surface area contributed by atoms with Crippen LogP contribution < -0.4 is 5.32 Å². The molecule has 0 radical (unpaired) electrons. The molecule has 0 rings (SSSR count). The Morgan fingerprint density at radius 2 is 0.833 bits per heavy atom. The van der Waals surface area contributed by atoms with Crippen molar-refractivity contribution < 1.29 is 52.7 Å². The fraction of sp³-hybridized carbons (Fsp3) is 1.00. The third-order valence-electron chi connectivity index (χ3n) is 1.44. The van der Waals surface area contributed by atoms with Crippen molar-refractivity contribution in [2.24, 2.45) is 0 Å². The molecule has 0 aromatic carbocycles. The molecule has 0 aliphatic rings. The van der Waals surface area contributed by atoms with Gasteiger partial charge in [0.05, 0.1) is 0 Å². The van der Waals surface area contributed by atoms with E-state index in [9.17, 15) is 52.7 Å². The first-order chi connectivity index (χ1) is 7.46. The van der Waals surface area contributed by atoms with Crippen molar-refractivity contribution in [1.82, 2.24) is 5.32 Å². The first kappa shape index (κ1) is 17.1. The Morgan fingerprint density at radius 3 is 1.06 bits per heavy atom. The highest BCUT2D eigenvalue weighted by Crippen LogP contribution is 2.52. The second-order valence-electron chi connectivity index (χ2n) is 2.84. The van der Waals surface area contributed by atoms with Gasteiger partial charge >= 0.3 is 30.4 Å². The van der Waals surface area contributed by atoms with E-state index in [1.165, 1.54) is 0 Å². The summed E-state index contributed by atoms with van der Waals surface area (Å²) in [5.74, 6) is -14.7. The molecule has 0 fully saturated rings. The molecule has 1 nitrogen and oxygen atoms in total. The SMILES string of the molecule is FC(F)(F)NC(F)(F)C(F)(F)C(F)(F)C(F)(F)F. The minimum atomic E-state index is -7.36. The highest BCUT2D eigenvalue weighted by molar-refractivity contribution is 4.99. The Hall–Kier alpha value is -0.880. The maximum atomic E-state index is 12.2. The van der Waals surface area contributed by atoms with Gasteiger partial charge in [-0.1, -0.05) is 0 Å². The number of hydrogen-bond donors (Lipinski definition) is 1. The number of halogens is 12. The lowest BCUT2D eigenvalue weighted by molar-refractivity contribution is -0.411. The molecule has 0 aliphatic carbocycles. The summed E-state index contributed by atoms with van der Waals surface area (Å²) in [6.45, 7) is 0. The third-order valence-corrected chi connectivity index (χ3v) is 1.44. The summed E-state index contributed by atoms with van der Waals surface area (Å²) in [6, 6.07) is -6.86. The second-order valence-corrected chi connectivity index (χ2v) is 2.84. The zero-order chi connectivity index (χ0) is 15.2. The van der Waals surface area contributed by atoms with Crippen molar-refractivity contribution >= 4 is 0 Å². The molecule has 0 saturated carbocycles. The van der Waals surface area contributed by atoms with Crippen LogP contribution in [0.15, 0.2) is 0 Å². The molecule has 0 spiro atoms. The van der Waals surface area contributed by atoms with Gasteiger partial charge in [-0.15, -0.1) is 0 Å². The van der Waals surface area contributed by atoms with Gasteiger partial charge in [0.1, 0.15) is 0 Å². The van der Waals surface area contributed by atoms with E-state index in [4.69, 9.17) is 0 Å². The molecular weight excluding hydrogens is 302 g/mol. The topological polar surface area (TPSA) is 12.0 Å². The molecule has 0 heterocycles. The van der Waals surface area contributed by atoms with E-state index in [2.05, 4.69) is 0 Å². The largest absolute Gasteiger partial charge is 0.462 e. The lowest BCUT2D eigenvalue weighted by Gasteiger charge is -2.34. The summed E-state index contributed by atoms with van der Waals surface area (Å²) in [4.78, 5) is 0. The quantitative estimate of drug-likeness (QED) is 0.621. The van der Waals surface area contributed by atoms with Crippen LogP contribution in [0.4, 0.5) is 52.7 Å². The standard InChI is InChI=1S/C5HF12N/c6-1(7,3(10,11)12)2(8,9)4(13,14)18-5(15,16)17/h18H. The third kappa shape index (κ3) is 2.92. The minimum absolute atomic E-state index is 1.25. The molecule has 0 atom stereocenters. The van der Waals surface area contributed by atoms with Crippen LogP contribution in [0.5, 0.6) is 0 Å². The van der Waals surface area contributed by atoms with Crippen LogP contribution in [0.25, 0.3) is 0 Å². The second kappa shape index (κ2) is 4.06. The number of rotatable bonds is 3. The molecule has 13 heteroatoms. The number of alkyl halides is 12. The van der Waals surface area contributed by atoms with E-state index in [0.717, 1.165) is 0 Å². The fourth-order valence-electron chi connectivity index (χ4n) is 0.632. The smallest absolute Gasteiger partial charge is 0.191 e. The maximum absolute atomic E-state index is 12.2. The molecule has 0 aromatic heterocycles. The number of nitrogens with one attached hydrogen (secondary N) is 1. The molecule has 0 aromatic rings. The predicted molar refractivity (Wildman–Crippen MR) is 30.1 cm³/mol. The predicted octanol–water partition coefficient (Wildman–Crippen LogP) is 3.52. The van der Waals surface area contributed by atoms with Gasteiger partial charge in [0.25, 0.3) is 0 Å². The summed E-state index contributed by atoms with van der Waals surface area (Å²) in [7, 11) is 0. The lowest BCUT2D eigenvalue weighted by atomic mass is 10.1. The van der Waals surface area contributed by atoms with Crippen LogP contribution >= 0.6 is 0 Å². The van der Waals surface area contributed by atoms with Gasteiger partial charge in [0, 0.05) is 0 Å². The zero-order valence-corrected chi connectivity index (χ0v) is 7.54. The Balaban J connectivity index is 5.50. The van der Waals surface area contributed by atoms with Gasteiger partial charge in [-0.3, -0.25) is 0 Å². The Morgan fingerprint density at radius 1 is 0.500 bits per heavy atom. The first-order valence-electron chi connectivity index (χ1n) is 3.52. The highest BCUT2D eigenvalue weighted by Gasteiger charge is 2.82. The monoisotopic (exact) mass is 303 g/mol. The van der Waals surface area contributed by atoms with Crippen LogP contribution in [-0.4, -0.2) is 30.4 Å². The molecule has 110 valence electrons. The average molecular weight is 303 g/mol. The molecule has 18 heavy (non-hydrogen) atoms. The molecule has 0 unspecified atom stereocenters. The lowest BCUT2D eigenvalue weighted by Crippen LogP contribution is -2.67. The fourth-order valence-corrected chi connectivity index (χ4v) is 0.632. The van der Waals surface area contributed by atoms with Gasteiger partial charge in [-0.2, -0.15) is 58.0 Å². The summed E-state index contributed by atoms with van der Waals surface area (Å²) in [6.07, 6.45) is -13.5. The maximum Gasteiger partial charge on any atom is 0.462 e. The van der Waals surface area contributed by atoms with Crippen LogP contribution in [0, 0.1) is 0 Å². The molecule has 0 aliphatic heterocycles. The van der Waals surface area contributed by atoms with Gasteiger partial charge < -0.3 is 0 Å². The molecule has 0 bridgehead atoms. The van der Waals surface area contributed by atoms with Crippen molar-refractivity contribution in [1.29, 1.82) is 0 Å². The Labute approximate surface area is 89.7 Å². The van der Waals surface area contributed by atoms with Crippen LogP contribution in [0.2, 0.25) is 0 Å². The summed E-state index contributed by atoms with van der Waals surface area (Å²) >= 11 is 0. The molecule has 1 N–H and O–H groups in total. The van der Waals surface area contributed by atoms with Crippen molar-refractivity contribution in [3.8, 4) is 0 Å². The van der Waals surface area contributed by atoms with E-state index in [1.54, 1.807) is 0 Å². The zero-order valence-electron chi connectivity index (χ0n) is 7.54. The minimum Gasteiger partial charge on any atom is -0.191 e. The van der Waals surface area contributed by atoms with Crippen molar-refractivity contribution in [3.63, 3.8) is 0 Å². The summed E-state index contributed by atoms with van der Waals surface area (Å²) < 4.78 is 141. The van der Waals surface area contributed by atoms with Gasteiger partial charge in [-0.25, -0.2) is 0 Å². The number of hydrogen-bond acceptors (Lipinski definition) is 1. The van der Waals surface area contributed by atoms with E-state index in [0.29, 0.717) is 0 Å². The van der Waals surface area contributed by atoms with Crippen molar-refractivity contribution in [2.45, 2.75) is 30.4 Å². The summed E-state index contributed by atoms with van der Waals surface area (Å²) in [5, 5.41) is -1.25. The van der Waals surface area contributed by atoms with Crippen molar-refractivity contribution in [3.05, 3.63) is 0 Å². The van der Waals surface area contributed by atoms with E-state index >= 15 is 0 Å². The first-order valence-corrected chi connectivity index (χ1v) is 3.52. The van der Waals surface area contributed by atoms with E-state index < -0.39 is 35.7 Å². The van der Waals surface area contributed by atoms with Crippen LogP contribution in [-0.2, 0) is 0 Å².